The molecule has 4 rings (SSSR count). The highest BCUT2D eigenvalue weighted by atomic mass is 16.5. The maximum absolute atomic E-state index is 13.1. The number of Topliss-reactive ketones (excluding diaryl/α,β-unsaturated/α-hetero) is 1. The number of carbonyl (C=O) groups excluding carboxylic acids is 2. The van der Waals surface area contributed by atoms with Crippen LogP contribution in [0.3, 0.4) is 0 Å². The maximum Gasteiger partial charge on any atom is 0.296 e. The van der Waals surface area contributed by atoms with E-state index >= 15 is 0 Å². The Balaban J connectivity index is 1.82. The third kappa shape index (κ3) is 3.91. The van der Waals surface area contributed by atoms with Crippen molar-refractivity contribution in [3.63, 3.8) is 0 Å². The third-order valence-electron chi connectivity index (χ3n) is 5.62. The lowest BCUT2D eigenvalue weighted by Crippen LogP contribution is -2.29. The van der Waals surface area contributed by atoms with Crippen molar-refractivity contribution in [2.75, 3.05) is 6.61 Å². The lowest BCUT2D eigenvalue weighted by atomic mass is 9.98. The van der Waals surface area contributed by atoms with E-state index in [1.165, 1.54) is 11.2 Å². The number of rotatable bonds is 6. The molecule has 1 fully saturated rings. The molecule has 1 aliphatic rings. The Bertz CT molecular complexity index is 1190. The lowest BCUT2D eigenvalue weighted by Gasteiger charge is -2.24. The number of benzene rings is 2. The fourth-order valence-electron chi connectivity index (χ4n) is 4.00. The van der Waals surface area contributed by atoms with Gasteiger partial charge in [0, 0.05) is 12.1 Å². The van der Waals surface area contributed by atoms with Crippen molar-refractivity contribution in [1.29, 1.82) is 0 Å². The summed E-state index contributed by atoms with van der Waals surface area (Å²) in [7, 11) is 0. The first kappa shape index (κ1) is 21.4. The number of ketones is 1. The number of hydrogen-bond donors (Lipinski definition) is 1. The van der Waals surface area contributed by atoms with Crippen LogP contribution in [-0.4, -0.2) is 28.3 Å². The first-order valence-electron chi connectivity index (χ1n) is 10.5. The first-order chi connectivity index (χ1) is 15.4. The van der Waals surface area contributed by atoms with Crippen LogP contribution in [0.15, 0.2) is 70.9 Å². The minimum Gasteiger partial charge on any atom is -0.507 e. The van der Waals surface area contributed by atoms with Gasteiger partial charge in [0.2, 0.25) is 0 Å². The van der Waals surface area contributed by atoms with E-state index in [1.807, 2.05) is 39.0 Å². The van der Waals surface area contributed by atoms with Gasteiger partial charge in [-0.05, 0) is 56.2 Å². The van der Waals surface area contributed by atoms with Crippen LogP contribution in [0.1, 0.15) is 41.0 Å². The van der Waals surface area contributed by atoms with E-state index in [4.69, 9.17) is 9.15 Å². The number of furan rings is 1. The van der Waals surface area contributed by atoms with Gasteiger partial charge >= 0.3 is 0 Å². The molecule has 6 heteroatoms. The molecule has 0 aliphatic carbocycles. The van der Waals surface area contributed by atoms with Gasteiger partial charge in [-0.3, -0.25) is 9.59 Å². The Kier molecular flexibility index (Phi) is 5.86. The normalized spacial score (nSPS) is 17.7. The van der Waals surface area contributed by atoms with Crippen molar-refractivity contribution in [3.05, 3.63) is 94.4 Å². The first-order valence-corrected chi connectivity index (χ1v) is 10.5. The number of aryl methyl sites for hydroxylation is 2. The molecule has 1 saturated heterocycles. The average Bonchev–Trinajstić information content (AvgIpc) is 3.39. The number of aliphatic hydroxyl groups is 1. The van der Waals surface area contributed by atoms with Crippen molar-refractivity contribution in [1.82, 2.24) is 4.90 Å². The van der Waals surface area contributed by atoms with Gasteiger partial charge < -0.3 is 19.2 Å². The molecule has 6 nitrogen and oxygen atoms in total. The van der Waals surface area contributed by atoms with Gasteiger partial charge in [0.25, 0.3) is 11.7 Å². The number of likely N-dealkylation sites (tertiary alicyclic amines) is 1. The molecule has 0 radical (unpaired) electrons. The van der Waals surface area contributed by atoms with Crippen molar-refractivity contribution < 1.29 is 23.8 Å². The van der Waals surface area contributed by atoms with E-state index in [1.54, 1.807) is 36.4 Å². The minimum atomic E-state index is -0.833. The zero-order valence-electron chi connectivity index (χ0n) is 18.3. The summed E-state index contributed by atoms with van der Waals surface area (Å²) >= 11 is 0. The van der Waals surface area contributed by atoms with Crippen LogP contribution in [0, 0.1) is 13.8 Å². The molecule has 164 valence electrons. The second-order valence-electron chi connectivity index (χ2n) is 7.83. The number of ether oxygens (including phenoxy) is 1. The van der Waals surface area contributed by atoms with Crippen molar-refractivity contribution >= 4 is 17.4 Å². The monoisotopic (exact) mass is 431 g/mol. The molecule has 32 heavy (non-hydrogen) atoms. The van der Waals surface area contributed by atoms with Gasteiger partial charge in [-0.25, -0.2) is 0 Å². The van der Waals surface area contributed by atoms with E-state index < -0.39 is 17.7 Å². The summed E-state index contributed by atoms with van der Waals surface area (Å²) in [5.74, 6) is -0.687. The molecule has 1 aromatic heterocycles. The largest absolute Gasteiger partial charge is 0.507 e. The zero-order valence-corrected chi connectivity index (χ0v) is 18.3. The molecule has 0 spiro atoms. The van der Waals surface area contributed by atoms with Crippen LogP contribution in [-0.2, 0) is 16.1 Å². The molecule has 2 heterocycles. The summed E-state index contributed by atoms with van der Waals surface area (Å²) in [5.41, 5.74) is 3.41. The second kappa shape index (κ2) is 8.75. The molecule has 1 N–H and O–H groups in total. The van der Waals surface area contributed by atoms with E-state index in [-0.39, 0.29) is 17.9 Å². The third-order valence-corrected chi connectivity index (χ3v) is 5.62. The number of amides is 1. The second-order valence-corrected chi connectivity index (χ2v) is 7.83. The fraction of sp³-hybridized carbons (Fsp3) is 0.231. The molecule has 0 saturated carbocycles. The number of hydrogen-bond acceptors (Lipinski definition) is 5. The highest BCUT2D eigenvalue weighted by Gasteiger charge is 2.47. The average molecular weight is 431 g/mol. The highest BCUT2D eigenvalue weighted by molar-refractivity contribution is 6.46. The quantitative estimate of drug-likeness (QED) is 0.341. The molecule has 1 atom stereocenters. The summed E-state index contributed by atoms with van der Waals surface area (Å²) in [5, 5.41) is 11.1. The van der Waals surface area contributed by atoms with Crippen molar-refractivity contribution in [2.45, 2.75) is 33.4 Å². The van der Waals surface area contributed by atoms with Crippen LogP contribution < -0.4 is 4.74 Å². The van der Waals surface area contributed by atoms with E-state index in [0.29, 0.717) is 23.7 Å². The predicted molar refractivity (Wildman–Crippen MR) is 120 cm³/mol. The molecule has 2 aromatic carbocycles. The predicted octanol–water partition coefficient (Wildman–Crippen LogP) is 4.92. The number of nitrogens with zero attached hydrogens (tertiary/aromatic N) is 1. The topological polar surface area (TPSA) is 80.0 Å². The molecule has 1 amide bonds. The van der Waals surface area contributed by atoms with Crippen LogP contribution in [0.4, 0.5) is 0 Å². The number of aliphatic hydroxyl groups excluding tert-OH is 1. The van der Waals surface area contributed by atoms with E-state index in [0.717, 1.165) is 16.7 Å². The van der Waals surface area contributed by atoms with Crippen LogP contribution in [0.5, 0.6) is 5.75 Å². The Morgan fingerprint density at radius 3 is 2.62 bits per heavy atom. The Labute approximate surface area is 186 Å². The summed E-state index contributed by atoms with van der Waals surface area (Å²) in [6.07, 6.45) is 1.49. The highest BCUT2D eigenvalue weighted by Crippen LogP contribution is 2.41. The Morgan fingerprint density at radius 2 is 1.91 bits per heavy atom. The Morgan fingerprint density at radius 1 is 1.09 bits per heavy atom. The van der Waals surface area contributed by atoms with Gasteiger partial charge in [-0.2, -0.15) is 0 Å². The minimum absolute atomic E-state index is 0.00362. The van der Waals surface area contributed by atoms with E-state index in [2.05, 4.69) is 0 Å². The van der Waals surface area contributed by atoms with Crippen LogP contribution in [0.2, 0.25) is 0 Å². The number of carbonyl (C=O) groups is 2. The summed E-state index contributed by atoms with van der Waals surface area (Å²) in [4.78, 5) is 27.7. The summed E-state index contributed by atoms with van der Waals surface area (Å²) < 4.78 is 11.1. The summed E-state index contributed by atoms with van der Waals surface area (Å²) in [6.45, 7) is 6.50. The smallest absolute Gasteiger partial charge is 0.296 e. The zero-order chi connectivity index (χ0) is 22.8. The summed E-state index contributed by atoms with van der Waals surface area (Å²) in [6, 6.07) is 15.4. The van der Waals surface area contributed by atoms with Gasteiger partial charge in [0.1, 0.15) is 23.3 Å². The molecular weight excluding hydrogens is 406 g/mol. The van der Waals surface area contributed by atoms with Gasteiger partial charge in [-0.1, -0.05) is 35.9 Å². The van der Waals surface area contributed by atoms with Crippen LogP contribution >= 0.6 is 0 Å². The van der Waals surface area contributed by atoms with Gasteiger partial charge in [0.05, 0.1) is 18.4 Å². The maximum atomic E-state index is 13.1. The van der Waals surface area contributed by atoms with Gasteiger partial charge in [0.15, 0.2) is 0 Å². The van der Waals surface area contributed by atoms with E-state index in [9.17, 15) is 14.7 Å². The standard InChI is InChI=1S/C26H25NO5/c1-4-31-20-8-5-7-18(14-20)24(28)22-23(21-9-6-12-32-21)27(26(30)25(22)29)15-19-13-16(2)10-11-17(19)3/h5-14,23,28H,4,15H2,1-3H3/b24-22-. The van der Waals surface area contributed by atoms with Crippen molar-refractivity contribution in [3.8, 4) is 5.75 Å². The van der Waals surface area contributed by atoms with Gasteiger partial charge in [-0.15, -0.1) is 0 Å². The molecule has 0 bridgehead atoms. The molecule has 3 aromatic rings. The fourth-order valence-corrected chi connectivity index (χ4v) is 4.00. The molecule has 1 aliphatic heterocycles. The van der Waals surface area contributed by atoms with Crippen LogP contribution in [0.25, 0.3) is 5.76 Å². The molecular formula is C26H25NO5. The van der Waals surface area contributed by atoms with Crippen molar-refractivity contribution in [2.24, 2.45) is 0 Å². The molecule has 1 unspecified atom stereocenters. The SMILES string of the molecule is CCOc1cccc(/C(O)=C2/C(=O)C(=O)N(Cc3cc(C)ccc3C)C2c2ccco2)c1. The lowest BCUT2D eigenvalue weighted by molar-refractivity contribution is -0.140. The Hall–Kier alpha value is -3.80.